The standard InChI is InChI=1S/C10H7F4N3S/c11-7-1-6(2-15-3-7)9-16-4-8(18-9)17-5-10(12,13)14/h1-4,17H,5H2. The third-order valence-corrected chi connectivity index (χ3v) is 2.92. The van der Waals surface area contributed by atoms with E-state index in [0.29, 0.717) is 10.6 Å². The second-order valence-electron chi connectivity index (χ2n) is 3.39. The number of hydrogen-bond acceptors (Lipinski definition) is 4. The highest BCUT2D eigenvalue weighted by Gasteiger charge is 2.26. The second-order valence-corrected chi connectivity index (χ2v) is 4.42. The summed E-state index contributed by atoms with van der Waals surface area (Å²) in [6.07, 6.45) is -0.573. The molecule has 0 aliphatic rings. The van der Waals surface area contributed by atoms with Gasteiger partial charge in [-0.3, -0.25) is 4.98 Å². The fourth-order valence-corrected chi connectivity index (χ4v) is 2.00. The van der Waals surface area contributed by atoms with Crippen molar-refractivity contribution in [3.8, 4) is 10.6 Å². The van der Waals surface area contributed by atoms with Gasteiger partial charge in [-0.05, 0) is 6.07 Å². The molecule has 1 N–H and O–H groups in total. The van der Waals surface area contributed by atoms with E-state index in [2.05, 4.69) is 15.3 Å². The summed E-state index contributed by atoms with van der Waals surface area (Å²) in [7, 11) is 0. The molecule has 0 amide bonds. The normalized spacial score (nSPS) is 11.6. The molecule has 0 aromatic carbocycles. The minimum absolute atomic E-state index is 0.270. The maximum atomic E-state index is 12.9. The Morgan fingerprint density at radius 2 is 2.00 bits per heavy atom. The van der Waals surface area contributed by atoms with E-state index in [1.807, 2.05) is 0 Å². The van der Waals surface area contributed by atoms with Crippen LogP contribution < -0.4 is 5.32 Å². The largest absolute Gasteiger partial charge is 0.405 e. The maximum absolute atomic E-state index is 12.9. The number of pyridine rings is 1. The van der Waals surface area contributed by atoms with Gasteiger partial charge in [-0.15, -0.1) is 0 Å². The molecule has 0 aliphatic carbocycles. The predicted molar refractivity (Wildman–Crippen MR) is 59.8 cm³/mol. The minimum Gasteiger partial charge on any atom is -0.367 e. The molecule has 2 aromatic heterocycles. The quantitative estimate of drug-likeness (QED) is 0.875. The van der Waals surface area contributed by atoms with Gasteiger partial charge in [0.15, 0.2) is 0 Å². The van der Waals surface area contributed by atoms with Crippen LogP contribution in [-0.4, -0.2) is 22.7 Å². The molecular formula is C10H7F4N3S. The number of anilines is 1. The summed E-state index contributed by atoms with van der Waals surface area (Å²) in [6.45, 7) is -1.13. The summed E-state index contributed by atoms with van der Waals surface area (Å²) in [5, 5.41) is 2.89. The molecule has 2 aromatic rings. The van der Waals surface area contributed by atoms with E-state index in [1.54, 1.807) is 0 Å². The number of hydrogen-bond donors (Lipinski definition) is 1. The van der Waals surface area contributed by atoms with Crippen LogP contribution in [-0.2, 0) is 0 Å². The highest BCUT2D eigenvalue weighted by Crippen LogP contribution is 2.29. The van der Waals surface area contributed by atoms with Crippen LogP contribution in [0.5, 0.6) is 0 Å². The average molecular weight is 277 g/mol. The van der Waals surface area contributed by atoms with E-state index in [1.165, 1.54) is 18.5 Å². The lowest BCUT2D eigenvalue weighted by Gasteiger charge is -2.06. The molecule has 0 fully saturated rings. The van der Waals surface area contributed by atoms with E-state index in [-0.39, 0.29) is 5.00 Å². The molecule has 3 nitrogen and oxygen atoms in total. The Balaban J connectivity index is 2.11. The smallest absolute Gasteiger partial charge is 0.367 e. The first kappa shape index (κ1) is 12.7. The van der Waals surface area contributed by atoms with Crippen molar-refractivity contribution in [2.24, 2.45) is 0 Å². The SMILES string of the molecule is Fc1cncc(-c2ncc(NCC(F)(F)F)s2)c1. The third kappa shape index (κ3) is 3.39. The van der Waals surface area contributed by atoms with Crippen LogP contribution in [0.2, 0.25) is 0 Å². The van der Waals surface area contributed by atoms with Gasteiger partial charge in [0.05, 0.1) is 12.4 Å². The van der Waals surface area contributed by atoms with Gasteiger partial charge in [-0.2, -0.15) is 13.2 Å². The van der Waals surface area contributed by atoms with Gasteiger partial charge in [0.2, 0.25) is 0 Å². The summed E-state index contributed by atoms with van der Waals surface area (Å²) in [5.41, 5.74) is 0.431. The molecule has 0 unspecified atom stereocenters. The van der Waals surface area contributed by atoms with Crippen molar-refractivity contribution in [1.82, 2.24) is 9.97 Å². The first-order valence-electron chi connectivity index (χ1n) is 4.81. The van der Waals surface area contributed by atoms with Crippen LogP contribution in [0, 0.1) is 5.82 Å². The molecule has 0 saturated heterocycles. The van der Waals surface area contributed by atoms with E-state index in [4.69, 9.17) is 0 Å². The van der Waals surface area contributed by atoms with Gasteiger partial charge in [0.25, 0.3) is 0 Å². The lowest BCUT2D eigenvalue weighted by atomic mass is 10.3. The number of aromatic nitrogens is 2. The van der Waals surface area contributed by atoms with Gasteiger partial charge in [-0.1, -0.05) is 11.3 Å². The van der Waals surface area contributed by atoms with E-state index >= 15 is 0 Å². The van der Waals surface area contributed by atoms with Gasteiger partial charge in [-0.25, -0.2) is 9.37 Å². The molecule has 2 rings (SSSR count). The molecule has 8 heteroatoms. The van der Waals surface area contributed by atoms with Gasteiger partial charge < -0.3 is 5.32 Å². The molecule has 0 radical (unpaired) electrons. The number of nitrogens with zero attached hydrogens (tertiary/aromatic N) is 2. The number of thiazole rings is 1. The zero-order valence-electron chi connectivity index (χ0n) is 8.83. The third-order valence-electron chi connectivity index (χ3n) is 1.92. The van der Waals surface area contributed by atoms with Crippen LogP contribution >= 0.6 is 11.3 Å². The van der Waals surface area contributed by atoms with E-state index in [0.717, 1.165) is 17.5 Å². The fraction of sp³-hybridized carbons (Fsp3) is 0.200. The number of alkyl halides is 3. The molecule has 0 atom stereocenters. The molecular weight excluding hydrogens is 270 g/mol. The topological polar surface area (TPSA) is 37.8 Å². The summed E-state index contributed by atoms with van der Waals surface area (Å²) in [5.74, 6) is -0.521. The van der Waals surface area contributed by atoms with Crippen molar-refractivity contribution in [2.45, 2.75) is 6.18 Å². The lowest BCUT2D eigenvalue weighted by molar-refractivity contribution is -0.115. The van der Waals surface area contributed by atoms with Crippen molar-refractivity contribution in [1.29, 1.82) is 0 Å². The first-order valence-corrected chi connectivity index (χ1v) is 5.63. The van der Waals surface area contributed by atoms with Crippen LogP contribution in [0.15, 0.2) is 24.7 Å². The highest BCUT2D eigenvalue weighted by molar-refractivity contribution is 7.18. The molecule has 0 spiro atoms. The van der Waals surface area contributed by atoms with Crippen LogP contribution in [0.25, 0.3) is 10.6 Å². The van der Waals surface area contributed by atoms with E-state index in [9.17, 15) is 17.6 Å². The second kappa shape index (κ2) is 4.89. The van der Waals surface area contributed by atoms with Crippen molar-refractivity contribution < 1.29 is 17.6 Å². The lowest BCUT2D eigenvalue weighted by Crippen LogP contribution is -2.20. The zero-order chi connectivity index (χ0) is 13.2. The molecule has 0 aliphatic heterocycles. The fourth-order valence-electron chi connectivity index (χ4n) is 1.21. The monoisotopic (exact) mass is 277 g/mol. The summed E-state index contributed by atoms with van der Waals surface area (Å²) in [6, 6.07) is 1.22. The Bertz CT molecular complexity index is 538. The van der Waals surface area contributed by atoms with Gasteiger partial charge in [0, 0.05) is 11.8 Å². The molecule has 2 heterocycles. The average Bonchev–Trinajstić information content (AvgIpc) is 2.74. The Labute approximate surface area is 104 Å². The van der Waals surface area contributed by atoms with Gasteiger partial charge >= 0.3 is 6.18 Å². The number of halogens is 4. The van der Waals surface area contributed by atoms with Crippen molar-refractivity contribution in [3.63, 3.8) is 0 Å². The molecule has 0 saturated carbocycles. The van der Waals surface area contributed by atoms with Crippen molar-refractivity contribution in [3.05, 3.63) is 30.5 Å². The Kier molecular flexibility index (Phi) is 3.46. The van der Waals surface area contributed by atoms with Gasteiger partial charge in [0.1, 0.15) is 22.4 Å². The first-order chi connectivity index (χ1) is 8.44. The van der Waals surface area contributed by atoms with Crippen molar-refractivity contribution >= 4 is 16.3 Å². The zero-order valence-corrected chi connectivity index (χ0v) is 9.65. The van der Waals surface area contributed by atoms with Crippen LogP contribution in [0.4, 0.5) is 22.6 Å². The number of rotatable bonds is 3. The number of nitrogens with one attached hydrogen (secondary N) is 1. The van der Waals surface area contributed by atoms with Crippen LogP contribution in [0.3, 0.4) is 0 Å². The van der Waals surface area contributed by atoms with Crippen molar-refractivity contribution in [2.75, 3.05) is 11.9 Å². The molecule has 18 heavy (non-hydrogen) atoms. The molecule has 0 bridgehead atoms. The maximum Gasteiger partial charge on any atom is 0.405 e. The van der Waals surface area contributed by atoms with Crippen LogP contribution in [0.1, 0.15) is 0 Å². The summed E-state index contributed by atoms with van der Waals surface area (Å²) in [4.78, 5) is 7.56. The molecule has 96 valence electrons. The Morgan fingerprint density at radius 1 is 1.22 bits per heavy atom. The Morgan fingerprint density at radius 3 is 2.67 bits per heavy atom. The predicted octanol–water partition coefficient (Wildman–Crippen LogP) is 3.32. The summed E-state index contributed by atoms with van der Waals surface area (Å²) < 4.78 is 48.9. The Hall–Kier alpha value is -1.70. The van der Waals surface area contributed by atoms with E-state index < -0.39 is 18.5 Å². The minimum atomic E-state index is -4.29. The summed E-state index contributed by atoms with van der Waals surface area (Å²) >= 11 is 1.01. The highest BCUT2D eigenvalue weighted by atomic mass is 32.1.